The van der Waals surface area contributed by atoms with Gasteiger partial charge in [-0.2, -0.15) is 0 Å². The fourth-order valence-corrected chi connectivity index (χ4v) is 3.02. The number of rotatable bonds is 5. The zero-order valence-corrected chi connectivity index (χ0v) is 17.1. The van der Waals surface area contributed by atoms with E-state index >= 15 is 0 Å². The van der Waals surface area contributed by atoms with E-state index in [0.717, 1.165) is 25.6 Å². The predicted molar refractivity (Wildman–Crippen MR) is 110 cm³/mol. The van der Waals surface area contributed by atoms with Crippen molar-refractivity contribution in [2.24, 2.45) is 4.99 Å². The lowest BCUT2D eigenvalue weighted by Crippen LogP contribution is -2.52. The normalized spacial score (nSPS) is 16.9. The van der Waals surface area contributed by atoms with Crippen LogP contribution in [0.5, 0.6) is 0 Å². The van der Waals surface area contributed by atoms with Crippen molar-refractivity contribution >= 4 is 29.9 Å². The molecule has 0 saturated carbocycles. The average Bonchev–Trinajstić information content (AvgIpc) is 3.02. The molecule has 0 bridgehead atoms. The average molecular weight is 430 g/mol. The monoisotopic (exact) mass is 430 g/mol. The Kier molecular flexibility index (Phi) is 8.33. The number of likely N-dealkylation sites (tertiary alicyclic amines) is 1. The molecule has 23 heavy (non-hydrogen) atoms. The van der Waals surface area contributed by atoms with Crippen molar-refractivity contribution in [2.45, 2.75) is 45.2 Å². The van der Waals surface area contributed by atoms with Gasteiger partial charge in [-0.3, -0.25) is 4.99 Å². The minimum absolute atomic E-state index is 0. The second-order valence-corrected chi connectivity index (χ2v) is 6.76. The molecule has 1 saturated heterocycles. The first-order valence-corrected chi connectivity index (χ1v) is 8.30. The Balaban J connectivity index is 0.00000264. The van der Waals surface area contributed by atoms with Crippen molar-refractivity contribution in [1.82, 2.24) is 15.5 Å². The molecule has 4 nitrogen and oxygen atoms in total. The Labute approximate surface area is 158 Å². The summed E-state index contributed by atoms with van der Waals surface area (Å²) in [6.07, 6.45) is 2.54. The van der Waals surface area contributed by atoms with E-state index in [1.165, 1.54) is 18.4 Å². The van der Waals surface area contributed by atoms with Crippen molar-refractivity contribution in [3.05, 3.63) is 35.9 Å². The molecule has 1 aromatic carbocycles. The summed E-state index contributed by atoms with van der Waals surface area (Å²) in [4.78, 5) is 6.76. The number of nitrogens with one attached hydrogen (secondary N) is 2. The van der Waals surface area contributed by atoms with Crippen LogP contribution in [0.4, 0.5) is 0 Å². The maximum atomic E-state index is 4.41. The summed E-state index contributed by atoms with van der Waals surface area (Å²) in [6.45, 7) is 9.77. The third-order valence-electron chi connectivity index (χ3n) is 4.21. The lowest BCUT2D eigenvalue weighted by molar-refractivity contribution is 0.339. The summed E-state index contributed by atoms with van der Waals surface area (Å²) in [5.74, 6) is 1.03. The number of nitrogens with zero attached hydrogens (tertiary/aromatic N) is 2. The van der Waals surface area contributed by atoms with Crippen LogP contribution in [-0.4, -0.2) is 43.1 Å². The second-order valence-electron chi connectivity index (χ2n) is 6.76. The van der Waals surface area contributed by atoms with E-state index in [0.29, 0.717) is 6.04 Å². The fraction of sp³-hybridized carbons (Fsp3) is 0.611. The summed E-state index contributed by atoms with van der Waals surface area (Å²) in [6, 6.07) is 10.9. The Morgan fingerprint density at radius 1 is 1.22 bits per heavy atom. The van der Waals surface area contributed by atoms with Crippen LogP contribution in [0.3, 0.4) is 0 Å². The van der Waals surface area contributed by atoms with Crippen LogP contribution in [0, 0.1) is 0 Å². The number of benzene rings is 1. The van der Waals surface area contributed by atoms with Crippen LogP contribution in [-0.2, 0) is 0 Å². The zero-order chi connectivity index (χ0) is 16.0. The molecule has 0 aliphatic carbocycles. The molecule has 2 N–H and O–H groups in total. The molecule has 1 fully saturated rings. The molecule has 0 radical (unpaired) electrons. The molecule has 1 aliphatic rings. The first-order chi connectivity index (χ1) is 10.5. The number of halogens is 1. The van der Waals surface area contributed by atoms with Gasteiger partial charge in [0.2, 0.25) is 0 Å². The van der Waals surface area contributed by atoms with Crippen molar-refractivity contribution in [1.29, 1.82) is 0 Å². The van der Waals surface area contributed by atoms with E-state index in [-0.39, 0.29) is 29.5 Å². The third kappa shape index (κ3) is 6.30. The minimum atomic E-state index is -0.00901. The number of guanidine groups is 1. The highest BCUT2D eigenvalue weighted by Crippen LogP contribution is 2.16. The highest BCUT2D eigenvalue weighted by Gasteiger charge is 2.23. The summed E-state index contributed by atoms with van der Waals surface area (Å²) >= 11 is 0. The molecule has 0 amide bonds. The molecule has 1 unspecified atom stereocenters. The van der Waals surface area contributed by atoms with E-state index in [9.17, 15) is 0 Å². The smallest absolute Gasteiger partial charge is 0.193 e. The van der Waals surface area contributed by atoms with Gasteiger partial charge in [-0.1, -0.05) is 30.3 Å². The maximum Gasteiger partial charge on any atom is 0.193 e. The van der Waals surface area contributed by atoms with E-state index in [1.54, 1.807) is 0 Å². The first-order valence-electron chi connectivity index (χ1n) is 8.30. The molecule has 0 spiro atoms. The highest BCUT2D eigenvalue weighted by molar-refractivity contribution is 14.0. The molecule has 1 aliphatic heterocycles. The summed E-state index contributed by atoms with van der Waals surface area (Å²) < 4.78 is 0. The van der Waals surface area contributed by atoms with Crippen molar-refractivity contribution in [3.63, 3.8) is 0 Å². The van der Waals surface area contributed by atoms with Gasteiger partial charge < -0.3 is 15.5 Å². The number of hydrogen-bond acceptors (Lipinski definition) is 2. The predicted octanol–water partition coefficient (Wildman–Crippen LogP) is 3.41. The van der Waals surface area contributed by atoms with Crippen molar-refractivity contribution in [2.75, 3.05) is 26.7 Å². The van der Waals surface area contributed by atoms with E-state index < -0.39 is 0 Å². The van der Waals surface area contributed by atoms with Crippen LogP contribution < -0.4 is 10.6 Å². The summed E-state index contributed by atoms with van der Waals surface area (Å²) in [5, 5.41) is 7.23. The second kappa shape index (κ2) is 9.47. The largest absolute Gasteiger partial charge is 0.354 e. The number of hydrogen-bond donors (Lipinski definition) is 2. The Bertz CT molecular complexity index is 481. The summed E-state index contributed by atoms with van der Waals surface area (Å²) in [7, 11) is 1.87. The van der Waals surface area contributed by atoms with Gasteiger partial charge >= 0.3 is 0 Å². The molecule has 1 atom stereocenters. The van der Waals surface area contributed by atoms with Crippen molar-refractivity contribution < 1.29 is 0 Å². The molecule has 2 rings (SSSR count). The molecular formula is C18H31IN4. The van der Waals surface area contributed by atoms with Gasteiger partial charge in [0.1, 0.15) is 0 Å². The van der Waals surface area contributed by atoms with Crippen molar-refractivity contribution in [3.8, 4) is 0 Å². The first kappa shape index (κ1) is 20.2. The molecule has 130 valence electrons. The van der Waals surface area contributed by atoms with Gasteiger partial charge in [0.25, 0.3) is 0 Å². The molecule has 1 heterocycles. The fourth-order valence-electron chi connectivity index (χ4n) is 3.02. The van der Waals surface area contributed by atoms with Gasteiger partial charge in [-0.15, -0.1) is 24.0 Å². The molecule has 5 heteroatoms. The molecule has 0 aromatic heterocycles. The Morgan fingerprint density at radius 3 is 2.39 bits per heavy atom. The third-order valence-corrected chi connectivity index (χ3v) is 4.21. The van der Waals surface area contributed by atoms with Crippen LogP contribution in [0.1, 0.15) is 45.2 Å². The van der Waals surface area contributed by atoms with Gasteiger partial charge in [0, 0.05) is 38.3 Å². The van der Waals surface area contributed by atoms with E-state index in [2.05, 4.69) is 71.6 Å². The number of aliphatic imine (C=N–C) groups is 1. The van der Waals surface area contributed by atoms with Gasteiger partial charge in [-0.05, 0) is 39.2 Å². The minimum Gasteiger partial charge on any atom is -0.354 e. The Hall–Kier alpha value is -0.820. The highest BCUT2D eigenvalue weighted by atomic mass is 127. The summed E-state index contributed by atoms with van der Waals surface area (Å²) in [5.41, 5.74) is 1.31. The lowest BCUT2D eigenvalue weighted by Gasteiger charge is -2.32. The van der Waals surface area contributed by atoms with E-state index in [4.69, 9.17) is 0 Å². The SMILES string of the molecule is CN=C(NCC(C)(C)NC(C)c1ccccc1)N1CCCC1.I. The topological polar surface area (TPSA) is 39.7 Å². The van der Waals surface area contributed by atoms with E-state index in [1.807, 2.05) is 7.05 Å². The van der Waals surface area contributed by atoms with Crippen LogP contribution in [0.15, 0.2) is 35.3 Å². The molecular weight excluding hydrogens is 399 g/mol. The van der Waals surface area contributed by atoms with Crippen LogP contribution in [0.25, 0.3) is 0 Å². The Morgan fingerprint density at radius 2 is 1.83 bits per heavy atom. The quantitative estimate of drug-likeness (QED) is 0.428. The van der Waals surface area contributed by atoms with Gasteiger partial charge in [-0.25, -0.2) is 0 Å². The maximum absolute atomic E-state index is 4.41. The standard InChI is InChI=1S/C18H30N4.HI/c1-15(16-10-6-5-7-11-16)21-18(2,3)14-20-17(19-4)22-12-8-9-13-22;/h5-7,10-11,15,21H,8-9,12-14H2,1-4H3,(H,19,20);1H. The van der Waals surface area contributed by atoms with Gasteiger partial charge in [0.15, 0.2) is 5.96 Å². The van der Waals surface area contributed by atoms with Crippen LogP contribution >= 0.6 is 24.0 Å². The lowest BCUT2D eigenvalue weighted by atomic mass is 10.0. The van der Waals surface area contributed by atoms with Gasteiger partial charge in [0.05, 0.1) is 0 Å². The molecule has 1 aromatic rings. The zero-order valence-electron chi connectivity index (χ0n) is 14.8. The van der Waals surface area contributed by atoms with Crippen LogP contribution in [0.2, 0.25) is 0 Å².